The molecule has 2 rings (SSSR count). The number of hydrogen-bond donors (Lipinski definition) is 0. The molecule has 1 saturated heterocycles. The second-order valence-electron chi connectivity index (χ2n) is 3.84. The standard InChI is InChI=1S/C13H17N/c1-2-14-11-7-6-10-13(14)12-8-4-3-5-9-12/h2-5,8-9,13H,1,6-7,10-11H2. The van der Waals surface area contributed by atoms with Gasteiger partial charge in [0.25, 0.3) is 0 Å². The zero-order valence-electron chi connectivity index (χ0n) is 8.52. The fourth-order valence-electron chi connectivity index (χ4n) is 2.21. The van der Waals surface area contributed by atoms with E-state index in [2.05, 4.69) is 41.8 Å². The van der Waals surface area contributed by atoms with Crippen LogP contribution in [0.5, 0.6) is 0 Å². The summed E-state index contributed by atoms with van der Waals surface area (Å²) in [4.78, 5) is 2.36. The fourth-order valence-corrected chi connectivity index (χ4v) is 2.21. The van der Waals surface area contributed by atoms with E-state index in [-0.39, 0.29) is 0 Å². The van der Waals surface area contributed by atoms with E-state index in [1.54, 1.807) is 0 Å². The highest BCUT2D eigenvalue weighted by Crippen LogP contribution is 2.30. The van der Waals surface area contributed by atoms with Crippen molar-refractivity contribution in [3.8, 4) is 0 Å². The van der Waals surface area contributed by atoms with Crippen LogP contribution in [-0.2, 0) is 0 Å². The van der Waals surface area contributed by atoms with E-state index in [0.29, 0.717) is 6.04 Å². The number of benzene rings is 1. The van der Waals surface area contributed by atoms with Crippen LogP contribution >= 0.6 is 0 Å². The summed E-state index contributed by atoms with van der Waals surface area (Å²) in [6, 6.07) is 11.3. The van der Waals surface area contributed by atoms with Gasteiger partial charge in [-0.2, -0.15) is 0 Å². The van der Waals surface area contributed by atoms with E-state index in [9.17, 15) is 0 Å². The number of piperidine rings is 1. The molecule has 14 heavy (non-hydrogen) atoms. The molecule has 1 aliphatic rings. The molecule has 1 unspecified atom stereocenters. The number of likely N-dealkylation sites (tertiary alicyclic amines) is 1. The van der Waals surface area contributed by atoms with Gasteiger partial charge in [0.05, 0.1) is 6.04 Å². The fraction of sp³-hybridized carbons (Fsp3) is 0.385. The van der Waals surface area contributed by atoms with Gasteiger partial charge in [0.2, 0.25) is 0 Å². The summed E-state index contributed by atoms with van der Waals surface area (Å²) in [6.07, 6.45) is 5.88. The van der Waals surface area contributed by atoms with E-state index in [1.165, 1.54) is 24.8 Å². The predicted molar refractivity (Wildman–Crippen MR) is 59.9 cm³/mol. The van der Waals surface area contributed by atoms with Crippen LogP contribution in [0.2, 0.25) is 0 Å². The number of rotatable bonds is 2. The van der Waals surface area contributed by atoms with Gasteiger partial charge in [0.15, 0.2) is 0 Å². The first kappa shape index (κ1) is 9.32. The Labute approximate surface area is 86.1 Å². The van der Waals surface area contributed by atoms with E-state index in [4.69, 9.17) is 0 Å². The van der Waals surface area contributed by atoms with Crippen molar-refractivity contribution in [1.82, 2.24) is 4.90 Å². The van der Waals surface area contributed by atoms with Crippen molar-refractivity contribution in [2.75, 3.05) is 6.54 Å². The Balaban J connectivity index is 2.19. The van der Waals surface area contributed by atoms with E-state index < -0.39 is 0 Å². The molecule has 0 saturated carbocycles. The highest BCUT2D eigenvalue weighted by molar-refractivity contribution is 5.20. The lowest BCUT2D eigenvalue weighted by Gasteiger charge is -2.35. The van der Waals surface area contributed by atoms with Crippen molar-refractivity contribution in [2.24, 2.45) is 0 Å². The van der Waals surface area contributed by atoms with Crippen LogP contribution < -0.4 is 0 Å². The predicted octanol–water partition coefficient (Wildman–Crippen LogP) is 3.36. The molecule has 1 heteroatoms. The number of nitrogens with zero attached hydrogens (tertiary/aromatic N) is 1. The molecule has 0 amide bonds. The zero-order valence-corrected chi connectivity index (χ0v) is 8.52. The maximum atomic E-state index is 3.89. The molecule has 1 fully saturated rings. The normalized spacial score (nSPS) is 22.0. The third-order valence-electron chi connectivity index (χ3n) is 2.96. The Bertz CT molecular complexity index is 291. The molecule has 0 radical (unpaired) electrons. The highest BCUT2D eigenvalue weighted by atomic mass is 15.1. The lowest BCUT2D eigenvalue weighted by Crippen LogP contribution is -2.28. The second-order valence-corrected chi connectivity index (χ2v) is 3.84. The zero-order chi connectivity index (χ0) is 9.80. The van der Waals surface area contributed by atoms with E-state index >= 15 is 0 Å². The first-order valence-electron chi connectivity index (χ1n) is 5.35. The van der Waals surface area contributed by atoms with Gasteiger partial charge in [0, 0.05) is 6.54 Å². The second kappa shape index (κ2) is 4.32. The molecule has 1 heterocycles. The van der Waals surface area contributed by atoms with Gasteiger partial charge in [-0.1, -0.05) is 36.9 Å². The summed E-state index contributed by atoms with van der Waals surface area (Å²) >= 11 is 0. The summed E-state index contributed by atoms with van der Waals surface area (Å²) < 4.78 is 0. The molecule has 0 bridgehead atoms. The summed E-state index contributed by atoms with van der Waals surface area (Å²) in [7, 11) is 0. The van der Waals surface area contributed by atoms with Crippen molar-refractivity contribution in [2.45, 2.75) is 25.3 Å². The molecule has 0 N–H and O–H groups in total. The average Bonchev–Trinajstić information content (AvgIpc) is 2.30. The van der Waals surface area contributed by atoms with Crippen molar-refractivity contribution in [1.29, 1.82) is 0 Å². The number of hydrogen-bond acceptors (Lipinski definition) is 1. The Hall–Kier alpha value is -1.24. The summed E-state index contributed by atoms with van der Waals surface area (Å²) in [5, 5.41) is 0. The minimum atomic E-state index is 0.558. The Morgan fingerprint density at radius 3 is 2.71 bits per heavy atom. The van der Waals surface area contributed by atoms with Crippen LogP contribution in [0.1, 0.15) is 30.9 Å². The lowest BCUT2D eigenvalue weighted by molar-refractivity contribution is 0.216. The highest BCUT2D eigenvalue weighted by Gasteiger charge is 2.20. The van der Waals surface area contributed by atoms with Crippen molar-refractivity contribution >= 4 is 0 Å². The van der Waals surface area contributed by atoms with Crippen molar-refractivity contribution in [3.63, 3.8) is 0 Å². The van der Waals surface area contributed by atoms with Crippen LogP contribution in [0.4, 0.5) is 0 Å². The van der Waals surface area contributed by atoms with Gasteiger partial charge in [-0.3, -0.25) is 0 Å². The lowest BCUT2D eigenvalue weighted by atomic mass is 9.96. The molecule has 1 aromatic carbocycles. The minimum absolute atomic E-state index is 0.558. The largest absolute Gasteiger partial charge is 0.371 e. The molecule has 0 aliphatic carbocycles. The summed E-state index contributed by atoms with van der Waals surface area (Å²) in [5.41, 5.74) is 1.42. The Morgan fingerprint density at radius 1 is 1.21 bits per heavy atom. The van der Waals surface area contributed by atoms with Crippen molar-refractivity contribution in [3.05, 3.63) is 48.7 Å². The SMILES string of the molecule is C=CN1CCCCC1c1ccccc1. The third-order valence-corrected chi connectivity index (χ3v) is 2.96. The molecular formula is C13H17N. The summed E-state index contributed by atoms with van der Waals surface area (Å²) in [6.45, 7) is 5.04. The van der Waals surface area contributed by atoms with Crippen molar-refractivity contribution < 1.29 is 0 Å². The minimum Gasteiger partial charge on any atom is -0.371 e. The van der Waals surface area contributed by atoms with Gasteiger partial charge in [-0.25, -0.2) is 0 Å². The third kappa shape index (κ3) is 1.82. The molecule has 74 valence electrons. The molecule has 1 aromatic rings. The van der Waals surface area contributed by atoms with Gasteiger partial charge < -0.3 is 4.90 Å². The van der Waals surface area contributed by atoms with Crippen LogP contribution in [0, 0.1) is 0 Å². The molecule has 0 aromatic heterocycles. The quantitative estimate of drug-likeness (QED) is 0.686. The summed E-state index contributed by atoms with van der Waals surface area (Å²) in [5.74, 6) is 0. The molecule has 1 aliphatic heterocycles. The van der Waals surface area contributed by atoms with E-state index in [1.807, 2.05) is 6.20 Å². The maximum absolute atomic E-state index is 3.89. The first-order chi connectivity index (χ1) is 6.92. The maximum Gasteiger partial charge on any atom is 0.0536 e. The molecule has 1 atom stereocenters. The molecular weight excluding hydrogens is 170 g/mol. The smallest absolute Gasteiger partial charge is 0.0536 e. The van der Waals surface area contributed by atoms with Crippen LogP contribution in [0.15, 0.2) is 43.1 Å². The molecule has 0 spiro atoms. The van der Waals surface area contributed by atoms with Gasteiger partial charge in [-0.05, 0) is 31.0 Å². The Kier molecular flexibility index (Phi) is 2.87. The van der Waals surface area contributed by atoms with Crippen LogP contribution in [0.3, 0.4) is 0 Å². The first-order valence-corrected chi connectivity index (χ1v) is 5.35. The molecule has 1 nitrogen and oxygen atoms in total. The van der Waals surface area contributed by atoms with Crippen LogP contribution in [-0.4, -0.2) is 11.4 Å². The van der Waals surface area contributed by atoms with Gasteiger partial charge in [0.1, 0.15) is 0 Å². The Morgan fingerprint density at radius 2 is 2.00 bits per heavy atom. The average molecular weight is 187 g/mol. The van der Waals surface area contributed by atoms with Crippen LogP contribution in [0.25, 0.3) is 0 Å². The van der Waals surface area contributed by atoms with Gasteiger partial charge in [-0.15, -0.1) is 0 Å². The topological polar surface area (TPSA) is 3.24 Å². The van der Waals surface area contributed by atoms with Gasteiger partial charge >= 0.3 is 0 Å². The monoisotopic (exact) mass is 187 g/mol. The van der Waals surface area contributed by atoms with E-state index in [0.717, 1.165) is 6.54 Å².